The Morgan fingerprint density at radius 3 is 2.30 bits per heavy atom. The van der Waals surface area contributed by atoms with E-state index in [2.05, 4.69) is 22.8 Å². The zero-order valence-electron chi connectivity index (χ0n) is 16.8. The highest BCUT2D eigenvalue weighted by Crippen LogP contribution is 2.23. The Morgan fingerprint density at radius 2 is 1.57 bits per heavy atom. The molecule has 0 saturated heterocycles. The van der Waals surface area contributed by atoms with Crippen LogP contribution >= 0.6 is 11.8 Å². The van der Waals surface area contributed by atoms with Crippen LogP contribution in [-0.2, 0) is 10.5 Å². The summed E-state index contributed by atoms with van der Waals surface area (Å²) in [5.41, 5.74) is 2.57. The Balaban J connectivity index is 1.61. The van der Waals surface area contributed by atoms with Crippen molar-refractivity contribution in [3.63, 3.8) is 0 Å². The molecule has 0 aliphatic rings. The van der Waals surface area contributed by atoms with Crippen molar-refractivity contribution in [3.8, 4) is 0 Å². The Labute approximate surface area is 180 Å². The second-order valence-electron chi connectivity index (χ2n) is 6.55. The minimum atomic E-state index is -0.255. The standard InChI is InChI=1S/C24H24N2O3S/c1-29-16-15-25-24(28)21-9-5-6-10-22(21)26-23(27)19-13-11-18(12-14-19)17-30-20-7-3-2-4-8-20/h2-14H,15-17H2,1H3,(H,25,28)(H,26,27). The highest BCUT2D eigenvalue weighted by Gasteiger charge is 2.14. The lowest BCUT2D eigenvalue weighted by molar-refractivity contribution is 0.0938. The summed E-state index contributed by atoms with van der Waals surface area (Å²) in [6.45, 7) is 0.829. The number of anilines is 1. The van der Waals surface area contributed by atoms with E-state index >= 15 is 0 Å². The van der Waals surface area contributed by atoms with E-state index in [-0.39, 0.29) is 11.8 Å². The number of rotatable bonds is 9. The van der Waals surface area contributed by atoms with Crippen molar-refractivity contribution >= 4 is 29.3 Å². The molecule has 6 heteroatoms. The first-order valence-electron chi connectivity index (χ1n) is 9.61. The first-order valence-corrected chi connectivity index (χ1v) is 10.6. The third-order valence-electron chi connectivity index (χ3n) is 4.38. The normalized spacial score (nSPS) is 10.4. The van der Waals surface area contributed by atoms with Gasteiger partial charge in [-0.25, -0.2) is 0 Å². The summed E-state index contributed by atoms with van der Waals surface area (Å²) in [6.07, 6.45) is 0. The van der Waals surface area contributed by atoms with Crippen molar-refractivity contribution in [2.75, 3.05) is 25.6 Å². The highest BCUT2D eigenvalue weighted by atomic mass is 32.2. The van der Waals surface area contributed by atoms with Crippen molar-refractivity contribution in [1.82, 2.24) is 5.32 Å². The molecule has 0 atom stereocenters. The molecule has 0 aliphatic carbocycles. The molecule has 30 heavy (non-hydrogen) atoms. The third-order valence-corrected chi connectivity index (χ3v) is 5.46. The number of carbonyl (C=O) groups is 2. The van der Waals surface area contributed by atoms with Gasteiger partial charge in [-0.3, -0.25) is 9.59 Å². The van der Waals surface area contributed by atoms with Crippen LogP contribution in [0.1, 0.15) is 26.3 Å². The molecule has 154 valence electrons. The van der Waals surface area contributed by atoms with E-state index in [1.165, 1.54) is 4.90 Å². The zero-order chi connectivity index (χ0) is 21.2. The molecule has 0 aliphatic heterocycles. The van der Waals surface area contributed by atoms with Crippen LogP contribution in [0.4, 0.5) is 5.69 Å². The number of ether oxygens (including phenoxy) is 1. The number of nitrogens with one attached hydrogen (secondary N) is 2. The molecule has 0 radical (unpaired) electrons. The number of benzene rings is 3. The first-order chi connectivity index (χ1) is 14.7. The maximum Gasteiger partial charge on any atom is 0.255 e. The predicted octanol–water partition coefficient (Wildman–Crippen LogP) is 4.61. The van der Waals surface area contributed by atoms with Gasteiger partial charge in [0.1, 0.15) is 0 Å². The molecule has 0 bridgehead atoms. The van der Waals surface area contributed by atoms with Crippen LogP contribution in [0.2, 0.25) is 0 Å². The fourth-order valence-corrected chi connectivity index (χ4v) is 3.66. The van der Waals surface area contributed by atoms with E-state index < -0.39 is 0 Å². The van der Waals surface area contributed by atoms with E-state index in [9.17, 15) is 9.59 Å². The van der Waals surface area contributed by atoms with Gasteiger partial charge in [-0.2, -0.15) is 0 Å². The van der Waals surface area contributed by atoms with Gasteiger partial charge in [-0.05, 0) is 42.0 Å². The number of amides is 2. The molecule has 5 nitrogen and oxygen atoms in total. The van der Waals surface area contributed by atoms with Crippen LogP contribution in [0.5, 0.6) is 0 Å². The lowest BCUT2D eigenvalue weighted by Gasteiger charge is -2.11. The van der Waals surface area contributed by atoms with E-state index in [1.807, 2.05) is 30.3 Å². The summed E-state index contributed by atoms with van der Waals surface area (Å²) >= 11 is 1.75. The molecular formula is C24H24N2O3S. The van der Waals surface area contributed by atoms with Gasteiger partial charge in [0.15, 0.2) is 0 Å². The van der Waals surface area contributed by atoms with Crippen molar-refractivity contribution in [2.24, 2.45) is 0 Å². The topological polar surface area (TPSA) is 67.4 Å². The molecule has 0 unspecified atom stereocenters. The quantitative estimate of drug-likeness (QED) is 0.392. The van der Waals surface area contributed by atoms with Crippen molar-refractivity contribution in [2.45, 2.75) is 10.6 Å². The van der Waals surface area contributed by atoms with E-state index in [0.29, 0.717) is 30.0 Å². The smallest absolute Gasteiger partial charge is 0.255 e. The van der Waals surface area contributed by atoms with Gasteiger partial charge in [-0.1, -0.05) is 42.5 Å². The minimum Gasteiger partial charge on any atom is -0.383 e. The van der Waals surface area contributed by atoms with E-state index in [1.54, 1.807) is 55.3 Å². The van der Waals surface area contributed by atoms with E-state index in [4.69, 9.17) is 4.74 Å². The zero-order valence-corrected chi connectivity index (χ0v) is 17.6. The van der Waals surface area contributed by atoms with Crippen LogP contribution in [0.25, 0.3) is 0 Å². The summed E-state index contributed by atoms with van der Waals surface area (Å²) < 4.78 is 4.95. The molecule has 3 aromatic carbocycles. The molecule has 0 spiro atoms. The molecule has 3 rings (SSSR count). The van der Waals surface area contributed by atoms with Gasteiger partial charge in [0.25, 0.3) is 11.8 Å². The van der Waals surface area contributed by atoms with Crippen LogP contribution in [-0.4, -0.2) is 32.1 Å². The van der Waals surface area contributed by atoms with Gasteiger partial charge in [0, 0.05) is 29.9 Å². The van der Waals surface area contributed by atoms with Gasteiger partial charge < -0.3 is 15.4 Å². The summed E-state index contributed by atoms with van der Waals surface area (Å²) in [4.78, 5) is 26.3. The molecule has 0 saturated carbocycles. The lowest BCUT2D eigenvalue weighted by atomic mass is 10.1. The van der Waals surface area contributed by atoms with Gasteiger partial charge in [0.2, 0.25) is 0 Å². The number of thioether (sulfide) groups is 1. The van der Waals surface area contributed by atoms with Gasteiger partial charge >= 0.3 is 0 Å². The summed E-state index contributed by atoms with van der Waals surface area (Å²) in [6, 6.07) is 24.7. The molecule has 0 aromatic heterocycles. The number of para-hydroxylation sites is 1. The Hall–Kier alpha value is -3.09. The number of methoxy groups -OCH3 is 1. The molecule has 0 fully saturated rings. The average molecular weight is 421 g/mol. The average Bonchev–Trinajstić information content (AvgIpc) is 2.79. The largest absolute Gasteiger partial charge is 0.383 e. The molecule has 2 N–H and O–H groups in total. The maximum atomic E-state index is 12.7. The van der Waals surface area contributed by atoms with Crippen LogP contribution in [0, 0.1) is 0 Å². The molecule has 3 aromatic rings. The molecule has 2 amide bonds. The third kappa shape index (κ3) is 6.20. The number of hydrogen-bond donors (Lipinski definition) is 2. The molecule has 0 heterocycles. The van der Waals surface area contributed by atoms with Crippen molar-refractivity contribution in [1.29, 1.82) is 0 Å². The van der Waals surface area contributed by atoms with Gasteiger partial charge in [-0.15, -0.1) is 11.8 Å². The first kappa shape index (κ1) is 21.6. The highest BCUT2D eigenvalue weighted by molar-refractivity contribution is 7.98. The second kappa shape index (κ2) is 11.2. The Bertz CT molecular complexity index is 975. The fraction of sp³-hybridized carbons (Fsp3) is 0.167. The predicted molar refractivity (Wildman–Crippen MR) is 121 cm³/mol. The van der Waals surface area contributed by atoms with Crippen LogP contribution in [0.15, 0.2) is 83.8 Å². The fourth-order valence-electron chi connectivity index (χ4n) is 2.78. The van der Waals surface area contributed by atoms with Gasteiger partial charge in [0.05, 0.1) is 17.9 Å². The molecular weight excluding hydrogens is 396 g/mol. The lowest BCUT2D eigenvalue weighted by Crippen LogP contribution is -2.28. The van der Waals surface area contributed by atoms with Crippen LogP contribution < -0.4 is 10.6 Å². The monoisotopic (exact) mass is 420 g/mol. The van der Waals surface area contributed by atoms with Crippen molar-refractivity contribution in [3.05, 3.63) is 95.6 Å². The van der Waals surface area contributed by atoms with Crippen molar-refractivity contribution < 1.29 is 14.3 Å². The Kier molecular flexibility index (Phi) is 8.06. The minimum absolute atomic E-state index is 0.253. The SMILES string of the molecule is COCCNC(=O)c1ccccc1NC(=O)c1ccc(CSc2ccccc2)cc1. The van der Waals surface area contributed by atoms with E-state index in [0.717, 1.165) is 11.3 Å². The maximum absolute atomic E-state index is 12.7. The number of hydrogen-bond acceptors (Lipinski definition) is 4. The number of carbonyl (C=O) groups excluding carboxylic acids is 2. The Morgan fingerprint density at radius 1 is 0.867 bits per heavy atom. The summed E-state index contributed by atoms with van der Waals surface area (Å²) in [7, 11) is 1.58. The summed E-state index contributed by atoms with van der Waals surface area (Å²) in [5.74, 6) is 0.321. The summed E-state index contributed by atoms with van der Waals surface area (Å²) in [5, 5.41) is 5.61. The van der Waals surface area contributed by atoms with Crippen LogP contribution in [0.3, 0.4) is 0 Å². The second-order valence-corrected chi connectivity index (χ2v) is 7.60.